The van der Waals surface area contributed by atoms with Crippen molar-refractivity contribution in [1.82, 2.24) is 4.90 Å². The maximum atomic E-state index is 12.4. The summed E-state index contributed by atoms with van der Waals surface area (Å²) < 4.78 is 5.48. The molecule has 0 amide bonds. The number of piperidine rings is 1. The van der Waals surface area contributed by atoms with Crippen LogP contribution in [0.15, 0.2) is 54.6 Å². The quantitative estimate of drug-likeness (QED) is 0.939. The maximum absolute atomic E-state index is 12.4. The Bertz CT molecular complexity index is 712. The first-order chi connectivity index (χ1) is 11.5. The minimum atomic E-state index is -1.31. The van der Waals surface area contributed by atoms with Crippen LogP contribution in [0, 0.1) is 0 Å². The number of aliphatic hydroxyl groups is 1. The molecule has 0 unspecified atom stereocenters. The van der Waals surface area contributed by atoms with Crippen LogP contribution in [-0.2, 0) is 11.3 Å². The number of nitrogens with zero attached hydrogens (tertiary/aromatic N) is 1. The average Bonchev–Trinajstić information content (AvgIpc) is 2.58. The van der Waals surface area contributed by atoms with E-state index in [0.29, 0.717) is 13.1 Å². The van der Waals surface area contributed by atoms with E-state index in [1.165, 1.54) is 0 Å². The van der Waals surface area contributed by atoms with Gasteiger partial charge in [0.1, 0.15) is 11.4 Å². The molecule has 4 heteroatoms. The first-order valence-electron chi connectivity index (χ1n) is 8.18. The Hall–Kier alpha value is -2.17. The van der Waals surface area contributed by atoms with E-state index in [1.54, 1.807) is 14.0 Å². The molecule has 1 N–H and O–H groups in total. The van der Waals surface area contributed by atoms with E-state index in [4.69, 9.17) is 4.74 Å². The molecule has 1 aliphatic heterocycles. The van der Waals surface area contributed by atoms with Crippen molar-refractivity contribution in [2.24, 2.45) is 0 Å². The zero-order valence-corrected chi connectivity index (χ0v) is 14.1. The van der Waals surface area contributed by atoms with Gasteiger partial charge in [0.25, 0.3) is 0 Å². The predicted molar refractivity (Wildman–Crippen MR) is 92.8 cm³/mol. The summed E-state index contributed by atoms with van der Waals surface area (Å²) in [4.78, 5) is 14.5. The highest BCUT2D eigenvalue weighted by molar-refractivity contribution is 5.88. The van der Waals surface area contributed by atoms with Gasteiger partial charge in [-0.1, -0.05) is 48.5 Å². The fourth-order valence-electron chi connectivity index (χ4n) is 3.35. The molecule has 2 aromatic rings. The van der Waals surface area contributed by atoms with Gasteiger partial charge in [0.2, 0.25) is 0 Å². The number of ketones is 1. The first-order valence-corrected chi connectivity index (χ1v) is 8.18. The van der Waals surface area contributed by atoms with Crippen LogP contribution in [0.2, 0.25) is 0 Å². The van der Waals surface area contributed by atoms with Crippen LogP contribution in [-0.4, -0.2) is 35.0 Å². The molecule has 0 spiro atoms. The summed E-state index contributed by atoms with van der Waals surface area (Å²) in [6.45, 7) is 2.59. The van der Waals surface area contributed by atoms with Crippen LogP contribution in [0.1, 0.15) is 30.5 Å². The standard InChI is InChI=1S/C20H23NO3/c1-20(23)14-21(13-15-8-4-3-5-9-15)17(12-19(20)22)16-10-6-7-11-18(16)24-2/h3-11,17,23H,12-14H2,1-2H3/t17-,20-/m1/s1. The van der Waals surface area contributed by atoms with Gasteiger partial charge in [0.05, 0.1) is 7.11 Å². The molecule has 3 rings (SSSR count). The predicted octanol–water partition coefficient (Wildman–Crippen LogP) is 2.96. The Balaban J connectivity index is 1.95. The molecule has 2 atom stereocenters. The Kier molecular flexibility index (Phi) is 4.69. The number of Topliss-reactive ketones (excluding diaryl/α,β-unsaturated/α-hetero) is 1. The molecule has 1 fully saturated rings. The molecule has 1 aliphatic rings. The van der Waals surface area contributed by atoms with Crippen LogP contribution in [0.4, 0.5) is 0 Å². The fourth-order valence-corrected chi connectivity index (χ4v) is 3.35. The second-order valence-corrected chi connectivity index (χ2v) is 6.55. The lowest BCUT2D eigenvalue weighted by Crippen LogP contribution is -2.53. The third kappa shape index (κ3) is 3.35. The van der Waals surface area contributed by atoms with Crippen LogP contribution in [0.25, 0.3) is 0 Å². The van der Waals surface area contributed by atoms with Crippen LogP contribution < -0.4 is 4.74 Å². The number of methoxy groups -OCH3 is 1. The Morgan fingerprint density at radius 2 is 1.83 bits per heavy atom. The monoisotopic (exact) mass is 325 g/mol. The lowest BCUT2D eigenvalue weighted by molar-refractivity contribution is -0.146. The molecule has 0 aliphatic carbocycles. The van der Waals surface area contributed by atoms with Gasteiger partial charge in [-0.05, 0) is 18.6 Å². The number of para-hydroxylation sites is 1. The summed E-state index contributed by atoms with van der Waals surface area (Å²) in [5.41, 5.74) is 0.829. The summed E-state index contributed by atoms with van der Waals surface area (Å²) in [6, 6.07) is 17.8. The van der Waals surface area contributed by atoms with Crippen molar-refractivity contribution in [2.75, 3.05) is 13.7 Å². The smallest absolute Gasteiger partial charge is 0.167 e. The summed E-state index contributed by atoms with van der Waals surface area (Å²) in [5, 5.41) is 10.5. The maximum Gasteiger partial charge on any atom is 0.167 e. The zero-order chi connectivity index (χ0) is 17.2. The summed E-state index contributed by atoms with van der Waals surface area (Å²) in [5.74, 6) is 0.651. The van der Waals surface area contributed by atoms with E-state index in [2.05, 4.69) is 17.0 Å². The Morgan fingerprint density at radius 1 is 1.17 bits per heavy atom. The van der Waals surface area contributed by atoms with Gasteiger partial charge in [-0.25, -0.2) is 0 Å². The second kappa shape index (κ2) is 6.75. The number of ether oxygens (including phenoxy) is 1. The van der Waals surface area contributed by atoms with Gasteiger partial charge in [0.15, 0.2) is 5.78 Å². The Morgan fingerprint density at radius 3 is 2.54 bits per heavy atom. The van der Waals surface area contributed by atoms with Crippen molar-refractivity contribution < 1.29 is 14.6 Å². The lowest BCUT2D eigenvalue weighted by atomic mass is 9.85. The van der Waals surface area contributed by atoms with E-state index < -0.39 is 5.60 Å². The number of hydrogen-bond donors (Lipinski definition) is 1. The van der Waals surface area contributed by atoms with Crippen LogP contribution >= 0.6 is 0 Å². The molecule has 1 saturated heterocycles. The topological polar surface area (TPSA) is 49.8 Å². The van der Waals surface area contributed by atoms with Gasteiger partial charge in [-0.2, -0.15) is 0 Å². The summed E-state index contributed by atoms with van der Waals surface area (Å²) in [6.07, 6.45) is 0.278. The highest BCUT2D eigenvalue weighted by atomic mass is 16.5. The van der Waals surface area contributed by atoms with E-state index in [1.807, 2.05) is 42.5 Å². The molecule has 126 valence electrons. The number of benzene rings is 2. The van der Waals surface area contributed by atoms with Crippen molar-refractivity contribution in [2.45, 2.75) is 31.5 Å². The molecule has 4 nitrogen and oxygen atoms in total. The SMILES string of the molecule is COc1ccccc1[C@H]1CC(=O)[C@](C)(O)CN1Cc1ccccc1. The fraction of sp³-hybridized carbons (Fsp3) is 0.350. The van der Waals surface area contributed by atoms with E-state index in [0.717, 1.165) is 16.9 Å². The van der Waals surface area contributed by atoms with Crippen molar-refractivity contribution >= 4 is 5.78 Å². The van der Waals surface area contributed by atoms with Gasteiger partial charge in [0, 0.05) is 31.1 Å². The molecule has 2 aromatic carbocycles. The Labute approximate surface area is 142 Å². The minimum absolute atomic E-state index is 0.103. The largest absolute Gasteiger partial charge is 0.496 e. The third-order valence-corrected chi connectivity index (χ3v) is 4.66. The molecule has 0 aromatic heterocycles. The van der Waals surface area contributed by atoms with E-state index >= 15 is 0 Å². The van der Waals surface area contributed by atoms with Gasteiger partial charge in [-0.3, -0.25) is 9.69 Å². The molecule has 24 heavy (non-hydrogen) atoms. The molecular formula is C20H23NO3. The van der Waals surface area contributed by atoms with E-state index in [-0.39, 0.29) is 18.2 Å². The summed E-state index contributed by atoms with van der Waals surface area (Å²) in [7, 11) is 1.64. The van der Waals surface area contributed by atoms with Gasteiger partial charge >= 0.3 is 0 Å². The first kappa shape index (κ1) is 16.7. The molecule has 0 bridgehead atoms. The molecular weight excluding hydrogens is 302 g/mol. The zero-order valence-electron chi connectivity index (χ0n) is 14.1. The molecule has 0 radical (unpaired) electrons. The number of rotatable bonds is 4. The molecule has 1 heterocycles. The summed E-state index contributed by atoms with van der Waals surface area (Å²) >= 11 is 0. The van der Waals surface area contributed by atoms with Crippen molar-refractivity contribution in [3.63, 3.8) is 0 Å². The molecule has 0 saturated carbocycles. The number of likely N-dealkylation sites (tertiary alicyclic amines) is 1. The average molecular weight is 325 g/mol. The van der Waals surface area contributed by atoms with Crippen LogP contribution in [0.3, 0.4) is 0 Å². The van der Waals surface area contributed by atoms with Crippen molar-refractivity contribution in [3.8, 4) is 5.75 Å². The lowest BCUT2D eigenvalue weighted by Gasteiger charge is -2.42. The van der Waals surface area contributed by atoms with Crippen molar-refractivity contribution in [3.05, 3.63) is 65.7 Å². The highest BCUT2D eigenvalue weighted by Crippen LogP contribution is 2.38. The van der Waals surface area contributed by atoms with Crippen molar-refractivity contribution in [1.29, 1.82) is 0 Å². The van der Waals surface area contributed by atoms with Gasteiger partial charge < -0.3 is 9.84 Å². The number of hydrogen-bond acceptors (Lipinski definition) is 4. The van der Waals surface area contributed by atoms with Crippen LogP contribution in [0.5, 0.6) is 5.75 Å². The normalized spacial score (nSPS) is 24.8. The highest BCUT2D eigenvalue weighted by Gasteiger charge is 2.42. The number of carbonyl (C=O) groups excluding carboxylic acids is 1. The van der Waals surface area contributed by atoms with E-state index in [9.17, 15) is 9.90 Å². The third-order valence-electron chi connectivity index (χ3n) is 4.66. The number of carbonyl (C=O) groups is 1. The minimum Gasteiger partial charge on any atom is -0.496 e. The number of β-amino-alcohol motifs (C(OH)–C–C–N with tert-alkyl or cyclic N) is 1. The van der Waals surface area contributed by atoms with Gasteiger partial charge in [-0.15, -0.1) is 0 Å². The second-order valence-electron chi connectivity index (χ2n) is 6.55.